The minimum absolute atomic E-state index is 0.201. The highest BCUT2D eigenvalue weighted by Gasteiger charge is 2.32. The van der Waals surface area contributed by atoms with Gasteiger partial charge in [-0.05, 0) is 82.4 Å². The van der Waals surface area contributed by atoms with Gasteiger partial charge >= 0.3 is 6.09 Å². The smallest absolute Gasteiger partial charge is 0.410 e. The zero-order chi connectivity index (χ0) is 28.9. The lowest BCUT2D eigenvalue weighted by molar-refractivity contribution is -0.117. The van der Waals surface area contributed by atoms with Gasteiger partial charge in [-0.15, -0.1) is 6.58 Å². The number of hydrogen-bond donors (Lipinski definition) is 0. The van der Waals surface area contributed by atoms with Crippen molar-refractivity contribution in [3.8, 4) is 17.2 Å². The molecule has 2 aromatic carbocycles. The Hall–Kier alpha value is -3.94. The first-order valence-electron chi connectivity index (χ1n) is 13.8. The van der Waals surface area contributed by atoms with Crippen LogP contribution in [0.1, 0.15) is 58.4 Å². The lowest BCUT2D eigenvalue weighted by Gasteiger charge is -2.25. The highest BCUT2D eigenvalue weighted by molar-refractivity contribution is 6.04. The molecule has 2 fully saturated rings. The van der Waals surface area contributed by atoms with E-state index in [1.165, 1.54) is 18.4 Å². The Morgan fingerprint density at radius 3 is 2.40 bits per heavy atom. The molecule has 0 spiro atoms. The summed E-state index contributed by atoms with van der Waals surface area (Å²) in [6.45, 7) is 12.4. The third kappa shape index (κ3) is 7.37. The molecule has 40 heavy (non-hydrogen) atoms. The van der Waals surface area contributed by atoms with Gasteiger partial charge < -0.3 is 28.7 Å². The van der Waals surface area contributed by atoms with E-state index in [1.54, 1.807) is 54.2 Å². The maximum absolute atomic E-state index is 13.6. The fraction of sp³-hybridized carbons (Fsp3) is 0.438. The van der Waals surface area contributed by atoms with Crippen molar-refractivity contribution in [3.63, 3.8) is 0 Å². The van der Waals surface area contributed by atoms with Gasteiger partial charge in [0.2, 0.25) is 0 Å². The maximum atomic E-state index is 13.6. The Morgan fingerprint density at radius 2 is 1.80 bits per heavy atom. The highest BCUT2D eigenvalue weighted by Crippen LogP contribution is 2.40. The van der Waals surface area contributed by atoms with Crippen LogP contribution in [-0.2, 0) is 9.53 Å². The van der Waals surface area contributed by atoms with E-state index >= 15 is 0 Å². The Balaban J connectivity index is 1.45. The molecule has 0 aromatic heterocycles. The predicted octanol–water partition coefficient (Wildman–Crippen LogP) is 6.46. The quantitative estimate of drug-likeness (QED) is 0.193. The van der Waals surface area contributed by atoms with Gasteiger partial charge in [0, 0.05) is 31.3 Å². The van der Waals surface area contributed by atoms with Gasteiger partial charge in [0.25, 0.3) is 5.91 Å². The molecular weight excluding hydrogens is 508 g/mol. The van der Waals surface area contributed by atoms with Gasteiger partial charge in [0.15, 0.2) is 17.3 Å². The average Bonchev–Trinajstić information content (AvgIpc) is 3.67. The van der Waals surface area contributed by atoms with Crippen molar-refractivity contribution in [1.82, 2.24) is 4.90 Å². The highest BCUT2D eigenvalue weighted by atomic mass is 16.6. The molecule has 214 valence electrons. The van der Waals surface area contributed by atoms with E-state index in [2.05, 4.69) is 18.7 Å². The summed E-state index contributed by atoms with van der Waals surface area (Å²) in [5.41, 5.74) is 1.36. The Kier molecular flexibility index (Phi) is 9.07. The minimum Gasteiger partial charge on any atom is -0.493 e. The largest absolute Gasteiger partial charge is 0.493 e. The Bertz CT molecular complexity index is 1240. The molecule has 1 saturated carbocycles. The van der Waals surface area contributed by atoms with Crippen molar-refractivity contribution in [2.45, 2.75) is 64.6 Å². The average molecular weight is 549 g/mol. The molecule has 0 N–H and O–H groups in total. The van der Waals surface area contributed by atoms with Gasteiger partial charge in [0.05, 0.1) is 13.7 Å². The third-order valence-electron chi connectivity index (χ3n) is 6.74. The fourth-order valence-corrected chi connectivity index (χ4v) is 4.56. The summed E-state index contributed by atoms with van der Waals surface area (Å²) in [5.74, 6) is 2.20. The standard InChI is InChI=1S/C32H40N2O6/c1-7-18-34(30(35)27(8-2)38-25-14-11-23(12-15-25)22-9-10-22)24-13-16-28(29(20-24)37-6)39-26-17-19-33(21-26)31(36)40-32(3,4)5/h7-8,11-16,20,22,26H,1,9-10,17-19,21H2,2-6H3/t26-/m1/s1. The number of anilines is 1. The number of carbonyl (C=O) groups is 2. The summed E-state index contributed by atoms with van der Waals surface area (Å²) in [4.78, 5) is 29.2. The van der Waals surface area contributed by atoms with Gasteiger partial charge in [-0.3, -0.25) is 4.79 Å². The predicted molar refractivity (Wildman–Crippen MR) is 155 cm³/mol. The molecule has 1 aliphatic heterocycles. The Morgan fingerprint density at radius 1 is 1.07 bits per heavy atom. The van der Waals surface area contributed by atoms with Gasteiger partial charge in [-0.1, -0.05) is 18.2 Å². The first-order chi connectivity index (χ1) is 19.1. The molecule has 8 heteroatoms. The second-order valence-electron chi connectivity index (χ2n) is 11.1. The van der Waals surface area contributed by atoms with Crippen molar-refractivity contribution in [2.75, 3.05) is 31.6 Å². The molecule has 1 atom stereocenters. The van der Waals surface area contributed by atoms with Crippen LogP contribution < -0.4 is 19.1 Å². The molecule has 0 radical (unpaired) electrons. The second-order valence-corrected chi connectivity index (χ2v) is 11.1. The van der Waals surface area contributed by atoms with Crippen LogP contribution in [-0.4, -0.2) is 55.3 Å². The molecule has 2 aromatic rings. The molecule has 8 nitrogen and oxygen atoms in total. The minimum atomic E-state index is -0.553. The second kappa shape index (κ2) is 12.5. The normalized spacial score (nSPS) is 17.3. The van der Waals surface area contributed by atoms with Crippen LogP contribution >= 0.6 is 0 Å². The topological polar surface area (TPSA) is 77.5 Å². The summed E-state index contributed by atoms with van der Waals surface area (Å²) in [7, 11) is 1.55. The molecule has 0 unspecified atom stereocenters. The van der Waals surface area contributed by atoms with E-state index in [-0.39, 0.29) is 30.4 Å². The first-order valence-corrected chi connectivity index (χ1v) is 13.8. The number of benzene rings is 2. The van der Waals surface area contributed by atoms with Crippen LogP contribution in [0.15, 0.2) is 67.0 Å². The van der Waals surface area contributed by atoms with Gasteiger partial charge in [0.1, 0.15) is 17.5 Å². The van der Waals surface area contributed by atoms with E-state index in [4.69, 9.17) is 18.9 Å². The molecule has 1 heterocycles. The number of rotatable bonds is 10. The van der Waals surface area contributed by atoms with Crippen LogP contribution in [0.3, 0.4) is 0 Å². The molecular formula is C32H40N2O6. The van der Waals surface area contributed by atoms with E-state index in [9.17, 15) is 9.59 Å². The van der Waals surface area contributed by atoms with Crippen molar-refractivity contribution < 1.29 is 28.5 Å². The maximum Gasteiger partial charge on any atom is 0.410 e. The van der Waals surface area contributed by atoms with Crippen LogP contribution in [0.2, 0.25) is 0 Å². The number of methoxy groups -OCH3 is 1. The number of likely N-dealkylation sites (tertiary alicyclic amines) is 1. The first kappa shape index (κ1) is 29.1. The zero-order valence-electron chi connectivity index (χ0n) is 24.1. The van der Waals surface area contributed by atoms with Gasteiger partial charge in [-0.25, -0.2) is 4.79 Å². The van der Waals surface area contributed by atoms with E-state index in [0.29, 0.717) is 48.4 Å². The summed E-state index contributed by atoms with van der Waals surface area (Å²) in [6, 6.07) is 13.3. The van der Waals surface area contributed by atoms with Crippen LogP contribution in [0.5, 0.6) is 17.2 Å². The fourth-order valence-electron chi connectivity index (χ4n) is 4.56. The summed E-state index contributed by atoms with van der Waals surface area (Å²) < 4.78 is 23.3. The molecule has 1 aliphatic carbocycles. The lowest BCUT2D eigenvalue weighted by atomic mass is 10.1. The molecule has 4 rings (SSSR count). The number of allylic oxidation sites excluding steroid dienone is 1. The Labute approximate surface area is 237 Å². The van der Waals surface area contributed by atoms with E-state index < -0.39 is 5.60 Å². The van der Waals surface area contributed by atoms with Crippen molar-refractivity contribution in [2.24, 2.45) is 0 Å². The van der Waals surface area contributed by atoms with Crippen LogP contribution in [0.4, 0.5) is 10.5 Å². The number of hydrogen-bond acceptors (Lipinski definition) is 6. The van der Waals surface area contributed by atoms with Crippen LogP contribution in [0.25, 0.3) is 0 Å². The molecule has 1 saturated heterocycles. The third-order valence-corrected chi connectivity index (χ3v) is 6.74. The van der Waals surface area contributed by atoms with Crippen molar-refractivity contribution >= 4 is 17.7 Å². The summed E-state index contributed by atoms with van der Waals surface area (Å²) in [6.07, 6.45) is 5.92. The molecule has 2 amide bonds. The lowest BCUT2D eigenvalue weighted by Crippen LogP contribution is -2.36. The zero-order valence-corrected chi connectivity index (χ0v) is 24.1. The van der Waals surface area contributed by atoms with E-state index in [1.807, 2.05) is 32.9 Å². The molecule has 2 aliphatic rings. The van der Waals surface area contributed by atoms with Crippen LogP contribution in [0, 0.1) is 0 Å². The summed E-state index contributed by atoms with van der Waals surface area (Å²) >= 11 is 0. The van der Waals surface area contributed by atoms with Crippen molar-refractivity contribution in [3.05, 3.63) is 72.5 Å². The number of nitrogens with zero attached hydrogens (tertiary/aromatic N) is 2. The number of ether oxygens (including phenoxy) is 4. The SMILES string of the molecule is C=CCN(C(=O)C(=CC)Oc1ccc(C2CC2)cc1)c1ccc(O[C@@H]2CCN(C(=O)OC(C)(C)C)C2)c(OC)c1. The van der Waals surface area contributed by atoms with E-state index in [0.717, 1.165) is 0 Å². The number of amides is 2. The summed E-state index contributed by atoms with van der Waals surface area (Å²) in [5, 5.41) is 0. The molecule has 0 bridgehead atoms. The monoisotopic (exact) mass is 548 g/mol. The number of carbonyl (C=O) groups excluding carboxylic acids is 2. The van der Waals surface area contributed by atoms with Crippen molar-refractivity contribution in [1.29, 1.82) is 0 Å². The van der Waals surface area contributed by atoms with Gasteiger partial charge in [-0.2, -0.15) is 0 Å².